The third kappa shape index (κ3) is 3.21. The maximum absolute atomic E-state index is 9.51. The molecule has 0 fully saturated rings. The van der Waals surface area contributed by atoms with Gasteiger partial charge in [0, 0.05) is 11.3 Å². The Kier molecular flexibility index (Phi) is 4.44. The summed E-state index contributed by atoms with van der Waals surface area (Å²) in [5, 5.41) is 12.7. The van der Waals surface area contributed by atoms with Crippen molar-refractivity contribution in [3.05, 3.63) is 77.4 Å². The quantitative estimate of drug-likeness (QED) is 0.727. The summed E-state index contributed by atoms with van der Waals surface area (Å²) < 4.78 is 5.91. The lowest BCUT2D eigenvalue weighted by molar-refractivity contribution is 0.459. The molecule has 0 radical (unpaired) electrons. The average molecular weight is 315 g/mol. The number of hydrogen-bond donors (Lipinski definition) is 1. The van der Waals surface area contributed by atoms with E-state index in [-0.39, 0.29) is 0 Å². The fourth-order valence-corrected chi connectivity index (χ4v) is 2.35. The predicted molar refractivity (Wildman–Crippen MR) is 94.7 cm³/mol. The monoisotopic (exact) mass is 315 g/mol. The Hall–Kier alpha value is -3.32. The van der Waals surface area contributed by atoms with E-state index in [4.69, 9.17) is 4.74 Å². The highest BCUT2D eigenvalue weighted by Crippen LogP contribution is 2.31. The molecule has 0 amide bonds. The van der Waals surface area contributed by atoms with Gasteiger partial charge in [-0.15, -0.1) is 0 Å². The van der Waals surface area contributed by atoms with Crippen molar-refractivity contribution in [3.63, 3.8) is 0 Å². The average Bonchev–Trinajstić information content (AvgIpc) is 2.61. The number of hydrogen-bond acceptors (Lipinski definition) is 4. The highest BCUT2D eigenvalue weighted by Gasteiger charge is 2.16. The summed E-state index contributed by atoms with van der Waals surface area (Å²) in [6, 6.07) is 21.4. The highest BCUT2D eigenvalue weighted by atomic mass is 16.5. The Labute approximate surface area is 141 Å². The fourth-order valence-electron chi connectivity index (χ4n) is 2.35. The molecule has 1 N–H and O–H groups in total. The minimum atomic E-state index is 0.496. The van der Waals surface area contributed by atoms with E-state index in [0.29, 0.717) is 23.0 Å². The van der Waals surface area contributed by atoms with Gasteiger partial charge in [0.2, 0.25) is 5.88 Å². The molecular weight excluding hydrogens is 298 g/mol. The Morgan fingerprint density at radius 2 is 1.54 bits per heavy atom. The molecule has 0 aliphatic rings. The van der Waals surface area contributed by atoms with Gasteiger partial charge >= 0.3 is 0 Å². The largest absolute Gasteiger partial charge is 0.439 e. The van der Waals surface area contributed by atoms with E-state index < -0.39 is 0 Å². The fraction of sp³-hybridized carbons (Fsp3) is 0.100. The number of aromatic nitrogens is 1. The second-order valence-electron chi connectivity index (χ2n) is 5.41. The van der Waals surface area contributed by atoms with E-state index in [0.717, 1.165) is 16.8 Å². The number of pyridine rings is 1. The number of rotatable bonds is 4. The van der Waals surface area contributed by atoms with Crippen LogP contribution in [-0.4, -0.2) is 4.98 Å². The predicted octanol–water partition coefficient (Wildman–Crippen LogP) is 5.11. The first-order valence-electron chi connectivity index (χ1n) is 7.65. The molecule has 0 saturated heterocycles. The maximum Gasteiger partial charge on any atom is 0.224 e. The zero-order valence-electron chi connectivity index (χ0n) is 13.6. The molecule has 0 aliphatic carbocycles. The molecular formula is C20H17N3O. The van der Waals surface area contributed by atoms with Crippen LogP contribution in [0.5, 0.6) is 11.6 Å². The van der Waals surface area contributed by atoms with Gasteiger partial charge in [-0.05, 0) is 43.7 Å². The molecule has 3 rings (SSSR count). The molecule has 0 bridgehead atoms. The molecule has 24 heavy (non-hydrogen) atoms. The Balaban J connectivity index is 2.03. The van der Waals surface area contributed by atoms with Crippen LogP contribution in [0.25, 0.3) is 0 Å². The van der Waals surface area contributed by atoms with Crippen LogP contribution in [0.1, 0.15) is 16.7 Å². The summed E-state index contributed by atoms with van der Waals surface area (Å²) >= 11 is 0. The van der Waals surface area contributed by atoms with Crippen LogP contribution in [0, 0.1) is 25.2 Å². The lowest BCUT2D eigenvalue weighted by Gasteiger charge is -2.15. The molecule has 1 heterocycles. The van der Waals surface area contributed by atoms with Gasteiger partial charge in [-0.25, -0.2) is 0 Å². The van der Waals surface area contributed by atoms with Crippen LogP contribution < -0.4 is 10.1 Å². The molecule has 0 spiro atoms. The summed E-state index contributed by atoms with van der Waals surface area (Å²) in [5.41, 5.74) is 3.11. The molecule has 118 valence electrons. The number of nitrogens with zero attached hydrogens (tertiary/aromatic N) is 2. The third-order valence-electron chi connectivity index (χ3n) is 3.81. The Bertz CT molecular complexity index is 884. The Morgan fingerprint density at radius 3 is 2.17 bits per heavy atom. The van der Waals surface area contributed by atoms with Gasteiger partial charge in [0.25, 0.3) is 0 Å². The number of para-hydroxylation sites is 2. The van der Waals surface area contributed by atoms with Gasteiger partial charge in [-0.3, -0.25) is 0 Å². The number of ether oxygens (including phenoxy) is 1. The van der Waals surface area contributed by atoms with Crippen molar-refractivity contribution in [2.75, 3.05) is 5.32 Å². The summed E-state index contributed by atoms with van der Waals surface area (Å²) in [6.07, 6.45) is 0. The summed E-state index contributed by atoms with van der Waals surface area (Å²) in [4.78, 5) is 4.54. The second kappa shape index (κ2) is 6.84. The zero-order valence-corrected chi connectivity index (χ0v) is 13.6. The molecule has 4 heteroatoms. The Morgan fingerprint density at radius 1 is 0.917 bits per heavy atom. The maximum atomic E-state index is 9.51. The second-order valence-corrected chi connectivity index (χ2v) is 5.41. The number of nitrogens with one attached hydrogen (secondary N) is 1. The first-order chi connectivity index (χ1) is 11.7. The normalized spacial score (nSPS) is 10.0. The third-order valence-corrected chi connectivity index (χ3v) is 3.81. The van der Waals surface area contributed by atoms with Crippen LogP contribution in [0.2, 0.25) is 0 Å². The van der Waals surface area contributed by atoms with Crippen molar-refractivity contribution in [1.29, 1.82) is 5.26 Å². The van der Waals surface area contributed by atoms with E-state index >= 15 is 0 Å². The van der Waals surface area contributed by atoms with Crippen molar-refractivity contribution < 1.29 is 4.74 Å². The van der Waals surface area contributed by atoms with Crippen molar-refractivity contribution in [3.8, 4) is 17.7 Å². The van der Waals surface area contributed by atoms with Crippen LogP contribution >= 0.6 is 0 Å². The van der Waals surface area contributed by atoms with Gasteiger partial charge in [0.05, 0.1) is 5.56 Å². The minimum Gasteiger partial charge on any atom is -0.439 e. The van der Waals surface area contributed by atoms with Crippen LogP contribution in [0.4, 0.5) is 11.5 Å². The number of nitriles is 1. The van der Waals surface area contributed by atoms with Crippen LogP contribution in [-0.2, 0) is 0 Å². The van der Waals surface area contributed by atoms with Crippen molar-refractivity contribution in [2.45, 2.75) is 13.8 Å². The molecule has 0 atom stereocenters. The van der Waals surface area contributed by atoms with Crippen molar-refractivity contribution >= 4 is 11.5 Å². The molecule has 4 nitrogen and oxygen atoms in total. The SMILES string of the molecule is Cc1c(Oc2ccccc2)nc(Nc2ccccc2)c(C#N)c1C. The van der Waals surface area contributed by atoms with E-state index in [9.17, 15) is 5.26 Å². The van der Waals surface area contributed by atoms with Gasteiger partial charge in [-0.1, -0.05) is 36.4 Å². The first kappa shape index (κ1) is 15.6. The van der Waals surface area contributed by atoms with Crippen LogP contribution in [0.3, 0.4) is 0 Å². The number of benzene rings is 2. The summed E-state index contributed by atoms with van der Waals surface area (Å²) in [6.45, 7) is 3.82. The molecule has 0 aliphatic heterocycles. The molecule has 1 aromatic heterocycles. The van der Waals surface area contributed by atoms with Gasteiger partial charge in [0.1, 0.15) is 11.8 Å². The number of anilines is 2. The van der Waals surface area contributed by atoms with Crippen molar-refractivity contribution in [2.24, 2.45) is 0 Å². The zero-order chi connectivity index (χ0) is 16.9. The van der Waals surface area contributed by atoms with Gasteiger partial charge < -0.3 is 10.1 Å². The molecule has 3 aromatic rings. The molecule has 0 unspecified atom stereocenters. The van der Waals surface area contributed by atoms with E-state index in [1.54, 1.807) is 0 Å². The summed E-state index contributed by atoms with van der Waals surface area (Å²) in [7, 11) is 0. The highest BCUT2D eigenvalue weighted by molar-refractivity contribution is 5.67. The first-order valence-corrected chi connectivity index (χ1v) is 7.65. The van der Waals surface area contributed by atoms with E-state index in [1.165, 1.54) is 0 Å². The molecule has 0 saturated carbocycles. The summed E-state index contributed by atoms with van der Waals surface area (Å²) in [5.74, 6) is 1.71. The standard InChI is InChI=1S/C20H17N3O/c1-14-15(2)20(24-17-11-7-4-8-12-17)23-19(18(14)13-21)22-16-9-5-3-6-10-16/h3-12H,1-2H3,(H,22,23). The smallest absolute Gasteiger partial charge is 0.224 e. The molecule has 2 aromatic carbocycles. The minimum absolute atomic E-state index is 0.496. The lowest BCUT2D eigenvalue weighted by atomic mass is 10.1. The van der Waals surface area contributed by atoms with E-state index in [1.807, 2.05) is 74.5 Å². The van der Waals surface area contributed by atoms with E-state index in [2.05, 4.69) is 16.4 Å². The van der Waals surface area contributed by atoms with Gasteiger partial charge in [0.15, 0.2) is 5.82 Å². The van der Waals surface area contributed by atoms with Gasteiger partial charge in [-0.2, -0.15) is 10.2 Å². The topological polar surface area (TPSA) is 57.9 Å². The van der Waals surface area contributed by atoms with Crippen molar-refractivity contribution in [1.82, 2.24) is 4.98 Å². The lowest BCUT2D eigenvalue weighted by Crippen LogP contribution is -2.03. The van der Waals surface area contributed by atoms with Crippen LogP contribution in [0.15, 0.2) is 60.7 Å².